The third kappa shape index (κ3) is 4.34. The predicted octanol–water partition coefficient (Wildman–Crippen LogP) is 4.04. The highest BCUT2D eigenvalue weighted by atomic mass is 19.1. The molecule has 6 heteroatoms. The molecule has 0 aliphatic carbocycles. The van der Waals surface area contributed by atoms with Gasteiger partial charge in [-0.3, -0.25) is 9.69 Å². The number of carbonyl (C=O) groups is 1. The molecule has 3 rings (SSSR count). The van der Waals surface area contributed by atoms with Gasteiger partial charge >= 0.3 is 0 Å². The Bertz CT molecular complexity index is 888. The summed E-state index contributed by atoms with van der Waals surface area (Å²) in [5, 5.41) is 10.9. The molecule has 0 atom stereocenters. The fourth-order valence-electron chi connectivity index (χ4n) is 3.43. The smallest absolute Gasteiger partial charge is 0.193 e. The summed E-state index contributed by atoms with van der Waals surface area (Å²) in [5.41, 5.74) is 1.19. The zero-order valence-corrected chi connectivity index (χ0v) is 16.1. The van der Waals surface area contributed by atoms with Crippen molar-refractivity contribution in [2.75, 3.05) is 27.3 Å². The molecule has 0 aromatic heterocycles. The fourth-order valence-corrected chi connectivity index (χ4v) is 3.43. The third-order valence-corrected chi connectivity index (χ3v) is 4.87. The highest BCUT2D eigenvalue weighted by Crippen LogP contribution is 2.40. The van der Waals surface area contributed by atoms with Gasteiger partial charge in [0.05, 0.1) is 19.8 Å². The van der Waals surface area contributed by atoms with E-state index in [1.807, 2.05) is 0 Å². The van der Waals surface area contributed by atoms with Crippen LogP contribution in [0.1, 0.15) is 34.3 Å². The lowest BCUT2D eigenvalue weighted by Gasteiger charge is -2.20. The molecule has 0 bridgehead atoms. The summed E-state index contributed by atoms with van der Waals surface area (Å²) in [6.45, 7) is 2.38. The zero-order chi connectivity index (χ0) is 20.1. The summed E-state index contributed by atoms with van der Waals surface area (Å²) in [6.07, 6.45) is 5.04. The molecule has 148 valence electrons. The number of carbonyl (C=O) groups excluding carboxylic acids is 1. The van der Waals surface area contributed by atoms with E-state index >= 15 is 0 Å². The van der Waals surface area contributed by atoms with E-state index in [-0.39, 0.29) is 22.9 Å². The van der Waals surface area contributed by atoms with E-state index in [0.29, 0.717) is 23.4 Å². The van der Waals surface area contributed by atoms with E-state index in [4.69, 9.17) is 9.47 Å². The molecule has 1 N–H and O–H groups in total. The van der Waals surface area contributed by atoms with Crippen molar-refractivity contribution in [1.29, 1.82) is 0 Å². The maximum Gasteiger partial charge on any atom is 0.193 e. The largest absolute Gasteiger partial charge is 0.507 e. The Morgan fingerprint density at radius 2 is 1.89 bits per heavy atom. The first-order valence-electron chi connectivity index (χ1n) is 9.20. The first-order valence-corrected chi connectivity index (χ1v) is 9.20. The first-order chi connectivity index (χ1) is 13.5. The van der Waals surface area contributed by atoms with Gasteiger partial charge in [0.25, 0.3) is 0 Å². The van der Waals surface area contributed by atoms with Crippen molar-refractivity contribution in [3.8, 4) is 17.2 Å². The predicted molar refractivity (Wildman–Crippen MR) is 105 cm³/mol. The molecule has 2 aromatic rings. The number of rotatable bonds is 7. The lowest BCUT2D eigenvalue weighted by Crippen LogP contribution is -2.19. The van der Waals surface area contributed by atoms with Crippen LogP contribution >= 0.6 is 0 Å². The van der Waals surface area contributed by atoms with Crippen LogP contribution in [0, 0.1) is 5.82 Å². The average Bonchev–Trinajstić information content (AvgIpc) is 3.20. The van der Waals surface area contributed by atoms with Crippen molar-refractivity contribution in [1.82, 2.24) is 4.90 Å². The molecule has 1 aliphatic heterocycles. The van der Waals surface area contributed by atoms with Gasteiger partial charge in [0, 0.05) is 12.6 Å². The highest BCUT2D eigenvalue weighted by Gasteiger charge is 2.25. The van der Waals surface area contributed by atoms with Gasteiger partial charge < -0.3 is 14.6 Å². The Kier molecular flexibility index (Phi) is 6.31. The molecular formula is C22H24FNO4. The standard InChI is InChI=1S/C22H24FNO4/c1-27-19-13-20(28-2)21(22(26)17(19)14-24-10-3-4-11-24)18(25)9-8-15-6-5-7-16(23)12-15/h5-9,12-13,26H,3-4,10-11,14H2,1-2H3/b9-8+. The van der Waals surface area contributed by atoms with Crippen LogP contribution in [0.4, 0.5) is 4.39 Å². The lowest BCUT2D eigenvalue weighted by atomic mass is 10.0. The van der Waals surface area contributed by atoms with Crippen molar-refractivity contribution in [2.45, 2.75) is 19.4 Å². The summed E-state index contributed by atoms with van der Waals surface area (Å²) in [4.78, 5) is 15.0. The Morgan fingerprint density at radius 1 is 1.18 bits per heavy atom. The van der Waals surface area contributed by atoms with Gasteiger partial charge in [-0.2, -0.15) is 0 Å². The van der Waals surface area contributed by atoms with E-state index in [1.165, 1.54) is 38.5 Å². The maximum absolute atomic E-state index is 13.3. The van der Waals surface area contributed by atoms with Crippen LogP contribution in [0.3, 0.4) is 0 Å². The quantitative estimate of drug-likeness (QED) is 0.576. The molecule has 5 nitrogen and oxygen atoms in total. The van der Waals surface area contributed by atoms with Gasteiger partial charge in [-0.1, -0.05) is 18.2 Å². The molecule has 0 amide bonds. The van der Waals surface area contributed by atoms with Gasteiger partial charge in [-0.15, -0.1) is 0 Å². The number of methoxy groups -OCH3 is 2. The van der Waals surface area contributed by atoms with E-state index in [9.17, 15) is 14.3 Å². The average molecular weight is 385 g/mol. The van der Waals surface area contributed by atoms with Gasteiger partial charge in [-0.05, 0) is 49.7 Å². The number of halogens is 1. The number of allylic oxidation sites excluding steroid dienone is 1. The topological polar surface area (TPSA) is 59.0 Å². The van der Waals surface area contributed by atoms with Crippen LogP contribution in [0.25, 0.3) is 6.08 Å². The molecule has 1 fully saturated rings. The molecule has 1 saturated heterocycles. The number of ketones is 1. The summed E-state index contributed by atoms with van der Waals surface area (Å²) >= 11 is 0. The second kappa shape index (κ2) is 8.89. The number of ether oxygens (including phenoxy) is 2. The highest BCUT2D eigenvalue weighted by molar-refractivity contribution is 6.11. The molecule has 0 unspecified atom stereocenters. The number of hydrogen-bond donors (Lipinski definition) is 1. The Labute approximate surface area is 164 Å². The Balaban J connectivity index is 1.96. The van der Waals surface area contributed by atoms with E-state index in [0.717, 1.165) is 25.9 Å². The van der Waals surface area contributed by atoms with Crippen molar-refractivity contribution in [3.05, 3.63) is 58.9 Å². The molecule has 28 heavy (non-hydrogen) atoms. The molecule has 0 spiro atoms. The molecule has 2 aromatic carbocycles. The van der Waals surface area contributed by atoms with Crippen molar-refractivity contribution >= 4 is 11.9 Å². The summed E-state index contributed by atoms with van der Waals surface area (Å²) in [5.74, 6) is -0.242. The minimum atomic E-state index is -0.427. The zero-order valence-electron chi connectivity index (χ0n) is 16.1. The molecule has 1 heterocycles. The van der Waals surface area contributed by atoms with Crippen LogP contribution in [0.15, 0.2) is 36.4 Å². The summed E-state index contributed by atoms with van der Waals surface area (Å²) in [6, 6.07) is 7.54. The van der Waals surface area contributed by atoms with Crippen molar-refractivity contribution < 1.29 is 23.8 Å². The first kappa shape index (κ1) is 19.9. The molecular weight excluding hydrogens is 361 g/mol. The molecule has 0 saturated carbocycles. The number of phenolic OH excluding ortho intramolecular Hbond substituents is 1. The van der Waals surface area contributed by atoms with E-state index < -0.39 is 5.78 Å². The second-order valence-corrected chi connectivity index (χ2v) is 6.72. The minimum absolute atomic E-state index is 0.0742. The van der Waals surface area contributed by atoms with Crippen LogP contribution in [0.5, 0.6) is 17.2 Å². The number of likely N-dealkylation sites (tertiary alicyclic amines) is 1. The Hall–Kier alpha value is -2.86. The number of benzene rings is 2. The van der Waals surface area contributed by atoms with Gasteiger partial charge in [0.2, 0.25) is 0 Å². The van der Waals surface area contributed by atoms with Crippen molar-refractivity contribution in [2.24, 2.45) is 0 Å². The summed E-state index contributed by atoms with van der Waals surface area (Å²) < 4.78 is 24.1. The van der Waals surface area contributed by atoms with Crippen LogP contribution in [0.2, 0.25) is 0 Å². The monoisotopic (exact) mass is 385 g/mol. The Morgan fingerprint density at radius 3 is 2.54 bits per heavy atom. The lowest BCUT2D eigenvalue weighted by molar-refractivity contribution is 0.104. The van der Waals surface area contributed by atoms with E-state index in [2.05, 4.69) is 4.90 Å². The van der Waals surface area contributed by atoms with E-state index in [1.54, 1.807) is 18.2 Å². The molecule has 0 radical (unpaired) electrons. The number of phenols is 1. The minimum Gasteiger partial charge on any atom is -0.507 e. The van der Waals surface area contributed by atoms with Crippen molar-refractivity contribution in [3.63, 3.8) is 0 Å². The summed E-state index contributed by atoms with van der Waals surface area (Å²) in [7, 11) is 2.95. The normalized spacial score (nSPS) is 14.5. The van der Waals surface area contributed by atoms with Gasteiger partial charge in [0.15, 0.2) is 5.78 Å². The van der Waals surface area contributed by atoms with Crippen LogP contribution in [-0.2, 0) is 6.54 Å². The number of nitrogens with zero attached hydrogens (tertiary/aromatic N) is 1. The van der Waals surface area contributed by atoms with Crippen LogP contribution in [-0.4, -0.2) is 43.1 Å². The number of hydrogen-bond acceptors (Lipinski definition) is 5. The third-order valence-electron chi connectivity index (χ3n) is 4.87. The van der Waals surface area contributed by atoms with Gasteiger partial charge in [-0.25, -0.2) is 4.39 Å². The van der Waals surface area contributed by atoms with Crippen LogP contribution < -0.4 is 9.47 Å². The molecule has 1 aliphatic rings. The van der Waals surface area contributed by atoms with Gasteiger partial charge in [0.1, 0.15) is 28.6 Å². The second-order valence-electron chi connectivity index (χ2n) is 6.72. The maximum atomic E-state index is 13.3. The number of aromatic hydroxyl groups is 1. The fraction of sp³-hybridized carbons (Fsp3) is 0.318. The SMILES string of the molecule is COc1cc(OC)c(C(=O)/C=C/c2cccc(F)c2)c(O)c1CN1CCCC1.